The molecule has 1 heterocycles. The van der Waals surface area contributed by atoms with Crippen molar-refractivity contribution in [2.24, 2.45) is 5.92 Å². The highest BCUT2D eigenvalue weighted by molar-refractivity contribution is 7.99. The third-order valence-corrected chi connectivity index (χ3v) is 5.73. The average Bonchev–Trinajstić information content (AvgIpc) is 3.09. The van der Waals surface area contributed by atoms with E-state index in [9.17, 15) is 4.79 Å². The van der Waals surface area contributed by atoms with E-state index in [-0.39, 0.29) is 5.75 Å². The standard InChI is InChI=1S/C25H29NO4S/c1-17(2)13-19-7-9-21(10-8-19)25-26-23(18(3)30-25)11-12-29-22-6-4-5-20(14-22)15-31-16-24(27)28/h4-10,14,17H,11-13,15-16H2,1-3H3,(H,27,28). The number of aryl methyl sites for hydroxylation is 1. The molecule has 3 rings (SSSR count). The van der Waals surface area contributed by atoms with Crippen LogP contribution in [0, 0.1) is 12.8 Å². The first kappa shape index (κ1) is 22.9. The Balaban J connectivity index is 1.55. The first-order valence-electron chi connectivity index (χ1n) is 10.5. The topological polar surface area (TPSA) is 72.6 Å². The lowest BCUT2D eigenvalue weighted by Gasteiger charge is -2.07. The van der Waals surface area contributed by atoms with E-state index in [4.69, 9.17) is 14.3 Å². The molecule has 0 aliphatic heterocycles. The first-order valence-corrected chi connectivity index (χ1v) is 11.6. The number of oxazole rings is 1. The van der Waals surface area contributed by atoms with Gasteiger partial charge in [0.05, 0.1) is 18.1 Å². The van der Waals surface area contributed by atoms with Gasteiger partial charge in [-0.2, -0.15) is 0 Å². The van der Waals surface area contributed by atoms with E-state index in [1.165, 1.54) is 17.3 Å². The van der Waals surface area contributed by atoms with Gasteiger partial charge in [0.25, 0.3) is 0 Å². The van der Waals surface area contributed by atoms with Crippen molar-refractivity contribution in [2.75, 3.05) is 12.4 Å². The van der Waals surface area contributed by atoms with Crippen molar-refractivity contribution in [3.8, 4) is 17.2 Å². The number of nitrogens with zero attached hydrogens (tertiary/aromatic N) is 1. The molecule has 3 aromatic rings. The maximum Gasteiger partial charge on any atom is 0.313 e. The third-order valence-electron chi connectivity index (χ3n) is 4.74. The van der Waals surface area contributed by atoms with Gasteiger partial charge < -0.3 is 14.3 Å². The van der Waals surface area contributed by atoms with Crippen molar-refractivity contribution in [3.05, 3.63) is 71.1 Å². The number of aromatic nitrogens is 1. The molecule has 0 bridgehead atoms. The number of benzene rings is 2. The zero-order valence-corrected chi connectivity index (χ0v) is 19.1. The van der Waals surface area contributed by atoms with Gasteiger partial charge in [-0.15, -0.1) is 11.8 Å². The van der Waals surface area contributed by atoms with E-state index in [1.807, 2.05) is 31.2 Å². The van der Waals surface area contributed by atoms with Crippen molar-refractivity contribution in [1.82, 2.24) is 4.98 Å². The Labute approximate surface area is 187 Å². The second-order valence-corrected chi connectivity index (χ2v) is 8.93. The molecule has 0 aliphatic carbocycles. The van der Waals surface area contributed by atoms with Gasteiger partial charge in [-0.05, 0) is 54.7 Å². The lowest BCUT2D eigenvalue weighted by Crippen LogP contribution is -2.03. The van der Waals surface area contributed by atoms with Crippen LogP contribution in [0.2, 0.25) is 0 Å². The lowest BCUT2D eigenvalue weighted by molar-refractivity contribution is -0.133. The summed E-state index contributed by atoms with van der Waals surface area (Å²) in [7, 11) is 0. The summed E-state index contributed by atoms with van der Waals surface area (Å²) in [6.45, 7) is 6.86. The quantitative estimate of drug-likeness (QED) is 0.408. The highest BCUT2D eigenvalue weighted by Gasteiger charge is 2.12. The molecule has 0 spiro atoms. The number of hydrogen-bond donors (Lipinski definition) is 1. The van der Waals surface area contributed by atoms with Gasteiger partial charge in [0.1, 0.15) is 11.5 Å². The van der Waals surface area contributed by atoms with Gasteiger partial charge in [0.15, 0.2) is 0 Å². The Bertz CT molecular complexity index is 995. The number of carbonyl (C=O) groups is 1. The van der Waals surface area contributed by atoms with Crippen LogP contribution < -0.4 is 4.74 Å². The highest BCUT2D eigenvalue weighted by Crippen LogP contribution is 2.24. The van der Waals surface area contributed by atoms with Crippen LogP contribution in [0.25, 0.3) is 11.5 Å². The smallest absolute Gasteiger partial charge is 0.313 e. The largest absolute Gasteiger partial charge is 0.493 e. The first-order chi connectivity index (χ1) is 14.9. The SMILES string of the molecule is Cc1oc(-c2ccc(CC(C)C)cc2)nc1CCOc1cccc(CSCC(=O)O)c1. The zero-order chi connectivity index (χ0) is 22.2. The fourth-order valence-electron chi connectivity index (χ4n) is 3.29. The molecule has 0 atom stereocenters. The fraction of sp³-hybridized carbons (Fsp3) is 0.360. The summed E-state index contributed by atoms with van der Waals surface area (Å²) in [5, 5.41) is 8.75. The molecule has 5 nitrogen and oxygen atoms in total. The Morgan fingerprint density at radius 3 is 2.65 bits per heavy atom. The van der Waals surface area contributed by atoms with E-state index in [1.54, 1.807) is 0 Å². The number of rotatable bonds is 11. The van der Waals surface area contributed by atoms with Gasteiger partial charge in [0.2, 0.25) is 5.89 Å². The fourth-order valence-corrected chi connectivity index (χ4v) is 3.98. The number of thioether (sulfide) groups is 1. The molecule has 6 heteroatoms. The molecule has 0 fully saturated rings. The molecule has 0 aliphatic rings. The summed E-state index contributed by atoms with van der Waals surface area (Å²) in [5.41, 5.74) is 4.24. The number of ether oxygens (including phenoxy) is 1. The third kappa shape index (κ3) is 7.17. The molecule has 1 aromatic heterocycles. The van der Waals surface area contributed by atoms with Gasteiger partial charge in [-0.3, -0.25) is 4.79 Å². The van der Waals surface area contributed by atoms with Gasteiger partial charge in [-0.1, -0.05) is 38.1 Å². The van der Waals surface area contributed by atoms with Crippen LogP contribution in [-0.4, -0.2) is 28.4 Å². The van der Waals surface area contributed by atoms with Crippen LogP contribution in [-0.2, 0) is 23.4 Å². The second-order valence-electron chi connectivity index (χ2n) is 7.95. The van der Waals surface area contributed by atoms with Gasteiger partial charge in [0, 0.05) is 17.7 Å². The minimum atomic E-state index is -0.800. The van der Waals surface area contributed by atoms with Crippen molar-refractivity contribution in [2.45, 2.75) is 39.4 Å². The van der Waals surface area contributed by atoms with Crippen LogP contribution in [0.4, 0.5) is 0 Å². The van der Waals surface area contributed by atoms with Crippen molar-refractivity contribution >= 4 is 17.7 Å². The maximum absolute atomic E-state index is 10.6. The molecule has 0 saturated heterocycles. The number of aliphatic carboxylic acids is 1. The molecule has 2 aromatic carbocycles. The van der Waals surface area contributed by atoms with Gasteiger partial charge in [-0.25, -0.2) is 4.98 Å². The van der Waals surface area contributed by atoms with E-state index >= 15 is 0 Å². The van der Waals surface area contributed by atoms with E-state index in [0.29, 0.717) is 30.6 Å². The monoisotopic (exact) mass is 439 g/mol. The summed E-state index contributed by atoms with van der Waals surface area (Å²) >= 11 is 1.37. The molecule has 1 N–H and O–H groups in total. The summed E-state index contributed by atoms with van der Waals surface area (Å²) < 4.78 is 11.8. The Morgan fingerprint density at radius 1 is 1.16 bits per heavy atom. The van der Waals surface area contributed by atoms with Crippen molar-refractivity contribution < 1.29 is 19.1 Å². The molecule has 0 amide bonds. The molecular formula is C25H29NO4S. The molecular weight excluding hydrogens is 410 g/mol. The predicted molar refractivity (Wildman–Crippen MR) is 125 cm³/mol. The van der Waals surface area contributed by atoms with Gasteiger partial charge >= 0.3 is 5.97 Å². The average molecular weight is 440 g/mol. The molecule has 31 heavy (non-hydrogen) atoms. The molecule has 164 valence electrons. The van der Waals surface area contributed by atoms with Crippen molar-refractivity contribution in [3.63, 3.8) is 0 Å². The predicted octanol–water partition coefficient (Wildman–Crippen LogP) is 5.79. The Kier molecular flexibility index (Phi) is 8.18. The molecule has 0 radical (unpaired) electrons. The van der Waals surface area contributed by atoms with Crippen LogP contribution in [0.1, 0.15) is 36.4 Å². The molecule has 0 unspecified atom stereocenters. The second kappa shape index (κ2) is 11.0. The summed E-state index contributed by atoms with van der Waals surface area (Å²) in [6, 6.07) is 16.2. The minimum Gasteiger partial charge on any atom is -0.493 e. The lowest BCUT2D eigenvalue weighted by atomic mass is 10.0. The zero-order valence-electron chi connectivity index (χ0n) is 18.3. The summed E-state index contributed by atoms with van der Waals surface area (Å²) in [6.07, 6.45) is 1.71. The molecule has 0 saturated carbocycles. The van der Waals surface area contributed by atoms with Crippen LogP contribution in [0.5, 0.6) is 5.75 Å². The Morgan fingerprint density at radius 2 is 1.94 bits per heavy atom. The number of carboxylic acid groups (broad SMARTS) is 1. The van der Waals surface area contributed by atoms with E-state index in [0.717, 1.165) is 34.8 Å². The van der Waals surface area contributed by atoms with Crippen LogP contribution in [0.3, 0.4) is 0 Å². The summed E-state index contributed by atoms with van der Waals surface area (Å²) in [4.78, 5) is 15.3. The Hall–Kier alpha value is -2.73. The van der Waals surface area contributed by atoms with Crippen molar-refractivity contribution in [1.29, 1.82) is 0 Å². The number of carboxylic acids is 1. The highest BCUT2D eigenvalue weighted by atomic mass is 32.2. The normalized spacial score (nSPS) is 11.1. The maximum atomic E-state index is 10.6. The minimum absolute atomic E-state index is 0.0965. The van der Waals surface area contributed by atoms with E-state index < -0.39 is 5.97 Å². The summed E-state index contributed by atoms with van der Waals surface area (Å²) in [5.74, 6) is 2.79. The van der Waals surface area contributed by atoms with E-state index in [2.05, 4.69) is 43.1 Å². The van der Waals surface area contributed by atoms with Crippen LogP contribution in [0.15, 0.2) is 52.9 Å². The van der Waals surface area contributed by atoms with Crippen LogP contribution >= 0.6 is 11.8 Å². The number of hydrogen-bond acceptors (Lipinski definition) is 5.